The molecule has 130 valence electrons. The molecule has 0 fully saturated rings. The minimum Gasteiger partial charge on any atom is -0.488 e. The number of para-hydroxylation sites is 1. The third-order valence-electron chi connectivity index (χ3n) is 3.86. The van der Waals surface area contributed by atoms with Crippen LogP contribution in [0.1, 0.15) is 5.56 Å². The lowest BCUT2D eigenvalue weighted by atomic mass is 10.2. The largest absolute Gasteiger partial charge is 0.488 e. The Bertz CT molecular complexity index is 1060. The summed E-state index contributed by atoms with van der Waals surface area (Å²) in [7, 11) is 0. The van der Waals surface area contributed by atoms with Crippen LogP contribution in [0.3, 0.4) is 0 Å². The molecule has 0 aliphatic heterocycles. The first kappa shape index (κ1) is 17.6. The monoisotopic (exact) mass is 419 g/mol. The molecule has 4 rings (SSSR count). The highest BCUT2D eigenvalue weighted by atomic mass is 35.5. The van der Waals surface area contributed by atoms with Crippen molar-refractivity contribution < 1.29 is 4.74 Å². The number of nitrogens with zero attached hydrogens (tertiary/aromatic N) is 1. The van der Waals surface area contributed by atoms with Crippen molar-refractivity contribution in [3.63, 3.8) is 0 Å². The maximum atomic E-state index is 6.24. The predicted octanol–water partition coefficient (Wildman–Crippen LogP) is 7.50. The van der Waals surface area contributed by atoms with E-state index in [-0.39, 0.29) is 0 Å². The summed E-state index contributed by atoms with van der Waals surface area (Å²) in [6, 6.07) is 18.9. The molecule has 1 aromatic heterocycles. The molecule has 0 bridgehead atoms. The van der Waals surface area contributed by atoms with Gasteiger partial charge in [-0.2, -0.15) is 0 Å². The zero-order valence-corrected chi connectivity index (χ0v) is 16.5. The van der Waals surface area contributed by atoms with Crippen molar-refractivity contribution in [3.05, 3.63) is 81.3 Å². The number of aromatic nitrogens is 1. The normalized spacial score (nSPS) is 11.0. The van der Waals surface area contributed by atoms with Crippen LogP contribution in [0.5, 0.6) is 5.75 Å². The maximum Gasteiger partial charge on any atom is 0.130 e. The first-order valence-corrected chi connectivity index (χ1v) is 9.77. The van der Waals surface area contributed by atoms with E-state index in [9.17, 15) is 0 Å². The second-order valence-electron chi connectivity index (χ2n) is 5.65. The maximum absolute atomic E-state index is 6.24. The Labute approximate surface area is 169 Å². The highest BCUT2D eigenvalue weighted by molar-refractivity contribution is 7.21. The van der Waals surface area contributed by atoms with Crippen LogP contribution >= 0.6 is 46.1 Å². The Balaban J connectivity index is 1.68. The summed E-state index contributed by atoms with van der Waals surface area (Å²) in [5.41, 5.74) is 2.68. The molecular weight excluding hydrogens is 409 g/mol. The first-order chi connectivity index (χ1) is 12.6. The van der Waals surface area contributed by atoms with E-state index in [0.29, 0.717) is 27.4 Å². The average Bonchev–Trinajstić information content (AvgIpc) is 3.06. The van der Waals surface area contributed by atoms with Gasteiger partial charge in [0.15, 0.2) is 0 Å². The fraction of sp³-hybridized carbons (Fsp3) is 0.0500. The van der Waals surface area contributed by atoms with Gasteiger partial charge in [0.2, 0.25) is 0 Å². The van der Waals surface area contributed by atoms with Crippen LogP contribution in [0, 0.1) is 0 Å². The summed E-state index contributed by atoms with van der Waals surface area (Å²) < 4.78 is 7.15. The van der Waals surface area contributed by atoms with Crippen LogP contribution in [-0.4, -0.2) is 4.98 Å². The van der Waals surface area contributed by atoms with Gasteiger partial charge in [-0.25, -0.2) is 4.98 Å². The number of ether oxygens (including phenoxy) is 1. The van der Waals surface area contributed by atoms with Gasteiger partial charge < -0.3 is 4.74 Å². The predicted molar refractivity (Wildman–Crippen MR) is 111 cm³/mol. The molecule has 0 aliphatic rings. The van der Waals surface area contributed by atoms with E-state index >= 15 is 0 Å². The van der Waals surface area contributed by atoms with E-state index in [2.05, 4.69) is 6.07 Å². The fourth-order valence-corrected chi connectivity index (χ4v) is 4.20. The van der Waals surface area contributed by atoms with Crippen LogP contribution < -0.4 is 4.74 Å². The molecular formula is C20H12Cl3NOS. The highest BCUT2D eigenvalue weighted by Gasteiger charge is 2.13. The number of hydrogen-bond donors (Lipinski definition) is 0. The lowest BCUT2D eigenvalue weighted by Crippen LogP contribution is -1.98. The summed E-state index contributed by atoms with van der Waals surface area (Å²) in [6.07, 6.45) is 0. The van der Waals surface area contributed by atoms with Gasteiger partial charge in [-0.05, 0) is 42.5 Å². The molecule has 26 heavy (non-hydrogen) atoms. The van der Waals surface area contributed by atoms with Crippen LogP contribution in [0.2, 0.25) is 15.1 Å². The quantitative estimate of drug-likeness (QED) is 0.341. The zero-order chi connectivity index (χ0) is 18.1. The van der Waals surface area contributed by atoms with Gasteiger partial charge in [0.1, 0.15) is 17.4 Å². The van der Waals surface area contributed by atoms with Gasteiger partial charge >= 0.3 is 0 Å². The van der Waals surface area contributed by atoms with Crippen molar-refractivity contribution in [2.24, 2.45) is 0 Å². The molecule has 3 aromatic carbocycles. The Morgan fingerprint density at radius 3 is 2.46 bits per heavy atom. The number of halogens is 3. The van der Waals surface area contributed by atoms with Crippen molar-refractivity contribution >= 4 is 56.4 Å². The summed E-state index contributed by atoms with van der Waals surface area (Å²) in [6.45, 7) is 0.329. The lowest BCUT2D eigenvalue weighted by Gasteiger charge is -2.11. The minimum absolute atomic E-state index is 0.329. The highest BCUT2D eigenvalue weighted by Crippen LogP contribution is 2.38. The summed E-state index contributed by atoms with van der Waals surface area (Å²) in [4.78, 5) is 4.71. The number of fused-ring (bicyclic) bond motifs is 1. The molecule has 0 radical (unpaired) electrons. The van der Waals surface area contributed by atoms with Crippen molar-refractivity contribution in [1.29, 1.82) is 0 Å². The smallest absolute Gasteiger partial charge is 0.130 e. The molecule has 2 nitrogen and oxygen atoms in total. The molecule has 0 atom stereocenters. The lowest BCUT2D eigenvalue weighted by molar-refractivity contribution is 0.307. The Morgan fingerprint density at radius 1 is 0.885 bits per heavy atom. The Morgan fingerprint density at radius 2 is 1.65 bits per heavy atom. The topological polar surface area (TPSA) is 22.1 Å². The number of benzene rings is 3. The van der Waals surface area contributed by atoms with Crippen LogP contribution in [0.4, 0.5) is 0 Å². The Kier molecular flexibility index (Phi) is 5.05. The van der Waals surface area contributed by atoms with E-state index in [4.69, 9.17) is 44.5 Å². The van der Waals surface area contributed by atoms with Gasteiger partial charge in [0, 0.05) is 20.6 Å². The summed E-state index contributed by atoms with van der Waals surface area (Å²) in [5.74, 6) is 0.708. The third kappa shape index (κ3) is 3.67. The van der Waals surface area contributed by atoms with Crippen molar-refractivity contribution in [3.8, 4) is 16.3 Å². The van der Waals surface area contributed by atoms with Crippen LogP contribution in [-0.2, 0) is 6.61 Å². The molecule has 4 aromatic rings. The Hall–Kier alpha value is -1.78. The molecule has 0 unspecified atom stereocenters. The van der Waals surface area contributed by atoms with Crippen LogP contribution in [0.15, 0.2) is 60.7 Å². The second kappa shape index (κ2) is 7.45. The number of thiazole rings is 1. The van der Waals surface area contributed by atoms with Gasteiger partial charge in [0.25, 0.3) is 0 Å². The van der Waals surface area contributed by atoms with Gasteiger partial charge in [-0.3, -0.25) is 0 Å². The fourth-order valence-electron chi connectivity index (χ4n) is 2.58. The molecule has 0 amide bonds. The molecule has 0 N–H and O–H groups in total. The molecule has 0 saturated heterocycles. The van der Waals surface area contributed by atoms with Crippen molar-refractivity contribution in [2.75, 3.05) is 0 Å². The number of rotatable bonds is 4. The summed E-state index contributed by atoms with van der Waals surface area (Å²) in [5, 5.41) is 2.68. The van der Waals surface area contributed by atoms with E-state index in [1.165, 1.54) is 0 Å². The molecule has 0 aliphatic carbocycles. The molecule has 0 saturated carbocycles. The van der Waals surface area contributed by atoms with E-state index < -0.39 is 0 Å². The van der Waals surface area contributed by atoms with E-state index in [0.717, 1.165) is 26.4 Å². The number of hydrogen-bond acceptors (Lipinski definition) is 3. The third-order valence-corrected chi connectivity index (χ3v) is 5.76. The minimum atomic E-state index is 0.329. The average molecular weight is 421 g/mol. The summed E-state index contributed by atoms with van der Waals surface area (Å²) >= 11 is 20.0. The molecule has 1 heterocycles. The standard InChI is InChI=1S/C20H12Cl3NOS/c21-13-7-8-18(25-11-12-5-6-14(22)10-16(12)23)15(9-13)20-24-17-3-1-2-4-19(17)26-20/h1-10H,11H2. The van der Waals surface area contributed by atoms with Gasteiger partial charge in [-0.15, -0.1) is 11.3 Å². The van der Waals surface area contributed by atoms with E-state index in [1.807, 2.05) is 36.4 Å². The van der Waals surface area contributed by atoms with Gasteiger partial charge in [0.05, 0.1) is 15.8 Å². The SMILES string of the molecule is Clc1ccc(COc2ccc(Cl)cc2-c2nc3ccccc3s2)c(Cl)c1. The second-order valence-corrected chi connectivity index (χ2v) is 7.96. The van der Waals surface area contributed by atoms with Crippen molar-refractivity contribution in [1.82, 2.24) is 4.98 Å². The van der Waals surface area contributed by atoms with E-state index in [1.54, 1.807) is 29.5 Å². The van der Waals surface area contributed by atoms with Crippen molar-refractivity contribution in [2.45, 2.75) is 6.61 Å². The van der Waals surface area contributed by atoms with Gasteiger partial charge in [-0.1, -0.05) is 53.0 Å². The van der Waals surface area contributed by atoms with Crippen LogP contribution in [0.25, 0.3) is 20.8 Å². The zero-order valence-electron chi connectivity index (χ0n) is 13.4. The molecule has 6 heteroatoms. The molecule has 0 spiro atoms. The first-order valence-electron chi connectivity index (χ1n) is 7.82.